The van der Waals surface area contributed by atoms with Crippen LogP contribution in [0.1, 0.15) is 17.2 Å². The number of fused-ring (bicyclic) bond motifs is 1. The van der Waals surface area contributed by atoms with Crippen LogP contribution in [0, 0.1) is 18.7 Å². The molecule has 0 saturated carbocycles. The van der Waals surface area contributed by atoms with Crippen LogP contribution in [-0.4, -0.2) is 17.9 Å². The van der Waals surface area contributed by atoms with E-state index in [0.29, 0.717) is 11.3 Å². The second-order valence-corrected chi connectivity index (χ2v) is 7.51. The number of carbonyl (C=O) groups is 2. The number of carbonyl (C=O) groups excluding carboxylic acids is 2. The van der Waals surface area contributed by atoms with Gasteiger partial charge in [0, 0.05) is 0 Å². The molecule has 30 heavy (non-hydrogen) atoms. The third-order valence-electron chi connectivity index (χ3n) is 5.69. The molecule has 0 bridgehead atoms. The first-order valence-corrected chi connectivity index (χ1v) is 9.76. The second kappa shape index (κ2) is 7.07. The van der Waals surface area contributed by atoms with E-state index in [2.05, 4.69) is 0 Å². The molecule has 3 atom stereocenters. The summed E-state index contributed by atoms with van der Waals surface area (Å²) in [5.41, 5.74) is 2.95. The number of benzene rings is 3. The van der Waals surface area contributed by atoms with E-state index in [1.807, 2.05) is 37.3 Å². The number of anilines is 2. The largest absolute Gasteiger partial charge is 0.273 e. The van der Waals surface area contributed by atoms with Crippen LogP contribution in [0.25, 0.3) is 0 Å². The van der Waals surface area contributed by atoms with Gasteiger partial charge < -0.3 is 0 Å². The molecule has 0 unspecified atom stereocenters. The number of imide groups is 1. The Kier molecular flexibility index (Phi) is 4.37. The number of para-hydroxylation sites is 2. The van der Waals surface area contributed by atoms with E-state index in [4.69, 9.17) is 4.84 Å². The van der Waals surface area contributed by atoms with Crippen LogP contribution in [0.4, 0.5) is 15.8 Å². The molecular weight excluding hydrogens is 383 g/mol. The molecule has 6 heteroatoms. The van der Waals surface area contributed by atoms with Crippen molar-refractivity contribution < 1.29 is 18.8 Å². The molecule has 0 radical (unpaired) electrons. The standard InChI is InChI=1S/C24H19FN2O3/c1-15-7-5-6-10-19(15)27-21(16-11-13-17(25)14-12-16)20-22(30-27)24(29)26(23(20)28)18-8-3-2-4-9-18/h2-14,20-22H,1H3/t20-,21+,22-/m0/s1. The smallest absolute Gasteiger partial charge is 0.266 e. The number of aryl methyl sites for hydroxylation is 1. The molecule has 5 nitrogen and oxygen atoms in total. The fourth-order valence-electron chi connectivity index (χ4n) is 4.26. The van der Waals surface area contributed by atoms with Crippen molar-refractivity contribution in [2.24, 2.45) is 5.92 Å². The van der Waals surface area contributed by atoms with Crippen molar-refractivity contribution in [1.82, 2.24) is 0 Å². The number of hydroxylamine groups is 1. The van der Waals surface area contributed by atoms with Gasteiger partial charge in [0.15, 0.2) is 6.10 Å². The summed E-state index contributed by atoms with van der Waals surface area (Å²) in [6, 6.07) is 21.9. The van der Waals surface area contributed by atoms with E-state index in [0.717, 1.165) is 11.3 Å². The minimum Gasteiger partial charge on any atom is -0.273 e. The van der Waals surface area contributed by atoms with Gasteiger partial charge in [0.1, 0.15) is 11.7 Å². The van der Waals surface area contributed by atoms with E-state index >= 15 is 0 Å². The summed E-state index contributed by atoms with van der Waals surface area (Å²) < 4.78 is 13.6. The van der Waals surface area contributed by atoms with Gasteiger partial charge in [-0.15, -0.1) is 0 Å². The Hall–Kier alpha value is -3.51. The minimum atomic E-state index is -0.938. The fraction of sp³-hybridized carbons (Fsp3) is 0.167. The van der Waals surface area contributed by atoms with Crippen LogP contribution in [0.2, 0.25) is 0 Å². The SMILES string of the molecule is Cc1ccccc1N1O[C@@H]2C(=O)N(c3ccccc3)C(=O)[C@H]2[C@H]1c1ccc(F)cc1. The zero-order valence-electron chi connectivity index (χ0n) is 16.2. The molecule has 0 aromatic heterocycles. The molecular formula is C24H19FN2O3. The number of halogens is 1. The summed E-state index contributed by atoms with van der Waals surface area (Å²) in [6.07, 6.45) is -0.938. The second-order valence-electron chi connectivity index (χ2n) is 7.51. The van der Waals surface area contributed by atoms with Gasteiger partial charge in [-0.25, -0.2) is 14.4 Å². The number of hydrogen-bond donors (Lipinski definition) is 0. The topological polar surface area (TPSA) is 49.9 Å². The van der Waals surface area contributed by atoms with Gasteiger partial charge in [0.25, 0.3) is 5.91 Å². The first kappa shape index (κ1) is 18.5. The molecule has 3 aromatic rings. The third kappa shape index (κ3) is 2.80. The monoisotopic (exact) mass is 402 g/mol. The average molecular weight is 402 g/mol. The van der Waals surface area contributed by atoms with Crippen molar-refractivity contribution >= 4 is 23.2 Å². The highest BCUT2D eigenvalue weighted by atomic mass is 19.1. The van der Waals surface area contributed by atoms with Gasteiger partial charge in [-0.1, -0.05) is 48.5 Å². The van der Waals surface area contributed by atoms with Gasteiger partial charge in [-0.05, 0) is 48.4 Å². The lowest BCUT2D eigenvalue weighted by molar-refractivity contribution is -0.126. The van der Waals surface area contributed by atoms with Crippen LogP contribution in [0.5, 0.6) is 0 Å². The van der Waals surface area contributed by atoms with Crippen LogP contribution in [0.15, 0.2) is 78.9 Å². The number of nitrogens with zero attached hydrogens (tertiary/aromatic N) is 2. The molecule has 3 aromatic carbocycles. The maximum atomic E-state index is 13.6. The highest BCUT2D eigenvalue weighted by Gasteiger charge is 2.60. The molecule has 2 saturated heterocycles. The summed E-state index contributed by atoms with van der Waals surface area (Å²) >= 11 is 0. The van der Waals surface area contributed by atoms with Crippen molar-refractivity contribution in [1.29, 1.82) is 0 Å². The van der Waals surface area contributed by atoms with Gasteiger partial charge in [0.2, 0.25) is 5.91 Å². The number of hydrogen-bond acceptors (Lipinski definition) is 4. The van der Waals surface area contributed by atoms with Gasteiger partial charge in [-0.2, -0.15) is 0 Å². The molecule has 2 aliphatic heterocycles. The summed E-state index contributed by atoms with van der Waals surface area (Å²) in [6.45, 7) is 1.94. The lowest BCUT2D eigenvalue weighted by Gasteiger charge is -2.29. The Morgan fingerprint density at radius 1 is 0.833 bits per heavy atom. The van der Waals surface area contributed by atoms with Crippen LogP contribution in [0.3, 0.4) is 0 Å². The number of amides is 2. The van der Waals surface area contributed by atoms with Gasteiger partial charge in [0.05, 0.1) is 17.4 Å². The molecule has 2 heterocycles. The minimum absolute atomic E-state index is 0.318. The average Bonchev–Trinajstić information content (AvgIpc) is 3.26. The van der Waals surface area contributed by atoms with Crippen LogP contribution < -0.4 is 9.96 Å². The Morgan fingerprint density at radius 2 is 1.50 bits per heavy atom. The van der Waals surface area contributed by atoms with Crippen molar-refractivity contribution in [2.45, 2.75) is 19.1 Å². The van der Waals surface area contributed by atoms with Crippen molar-refractivity contribution in [3.05, 3.63) is 95.8 Å². The summed E-state index contributed by atoms with van der Waals surface area (Å²) in [4.78, 5) is 33.9. The summed E-state index contributed by atoms with van der Waals surface area (Å²) in [5, 5.41) is 1.63. The molecule has 0 spiro atoms. The Bertz CT molecular complexity index is 1120. The van der Waals surface area contributed by atoms with E-state index in [9.17, 15) is 14.0 Å². The van der Waals surface area contributed by atoms with E-state index < -0.39 is 18.1 Å². The lowest BCUT2D eigenvalue weighted by Crippen LogP contribution is -2.37. The zero-order chi connectivity index (χ0) is 20.8. The van der Waals surface area contributed by atoms with E-state index in [1.54, 1.807) is 41.5 Å². The third-order valence-corrected chi connectivity index (χ3v) is 5.69. The summed E-state index contributed by atoms with van der Waals surface area (Å²) in [5.74, 6) is -1.81. The predicted molar refractivity (Wildman–Crippen MR) is 110 cm³/mol. The first-order valence-electron chi connectivity index (χ1n) is 9.76. The zero-order valence-corrected chi connectivity index (χ0v) is 16.2. The fourth-order valence-corrected chi connectivity index (χ4v) is 4.26. The van der Waals surface area contributed by atoms with Gasteiger partial charge >= 0.3 is 0 Å². The van der Waals surface area contributed by atoms with E-state index in [1.165, 1.54) is 17.0 Å². The Labute approximate surface area is 173 Å². The molecule has 0 aliphatic carbocycles. The number of rotatable bonds is 3. The highest BCUT2D eigenvalue weighted by Crippen LogP contribution is 2.48. The van der Waals surface area contributed by atoms with Crippen LogP contribution in [-0.2, 0) is 14.4 Å². The predicted octanol–water partition coefficient (Wildman–Crippen LogP) is 4.19. The van der Waals surface area contributed by atoms with Gasteiger partial charge in [-0.3, -0.25) is 14.4 Å². The normalized spacial score (nSPS) is 23.2. The highest BCUT2D eigenvalue weighted by molar-refractivity contribution is 6.23. The van der Waals surface area contributed by atoms with Crippen LogP contribution >= 0.6 is 0 Å². The molecule has 5 rings (SSSR count). The quantitative estimate of drug-likeness (QED) is 0.617. The van der Waals surface area contributed by atoms with Crippen molar-refractivity contribution in [3.63, 3.8) is 0 Å². The van der Waals surface area contributed by atoms with Crippen molar-refractivity contribution in [3.8, 4) is 0 Å². The Balaban J connectivity index is 1.61. The molecule has 0 N–H and O–H groups in total. The van der Waals surface area contributed by atoms with E-state index in [-0.39, 0.29) is 17.6 Å². The maximum Gasteiger partial charge on any atom is 0.266 e. The summed E-state index contributed by atoms with van der Waals surface area (Å²) in [7, 11) is 0. The Morgan fingerprint density at radius 3 is 2.20 bits per heavy atom. The molecule has 150 valence electrons. The molecule has 2 aliphatic rings. The first-order chi connectivity index (χ1) is 14.6. The molecule has 2 fully saturated rings. The van der Waals surface area contributed by atoms with Crippen molar-refractivity contribution in [2.75, 3.05) is 9.96 Å². The lowest BCUT2D eigenvalue weighted by atomic mass is 9.90. The molecule has 2 amide bonds. The maximum absolute atomic E-state index is 13.6.